The molecule has 0 aliphatic heterocycles. The smallest absolute Gasteiger partial charge is 0.330 e. The van der Waals surface area contributed by atoms with E-state index >= 15 is 0 Å². The van der Waals surface area contributed by atoms with E-state index in [0.29, 0.717) is 6.61 Å². The second kappa shape index (κ2) is 7.44. The lowest BCUT2D eigenvalue weighted by Crippen LogP contribution is -2.49. The molecule has 0 radical (unpaired) electrons. The molecule has 0 rings (SSSR count). The van der Waals surface area contributed by atoms with Gasteiger partial charge in [-0.2, -0.15) is 0 Å². The molecule has 0 spiro atoms. The monoisotopic (exact) mass is 228 g/mol. The number of ether oxygens (including phenoxy) is 1. The van der Waals surface area contributed by atoms with Crippen molar-refractivity contribution in [3.63, 3.8) is 0 Å². The third-order valence-corrected chi connectivity index (χ3v) is 3.23. The molecule has 0 heterocycles. The van der Waals surface area contributed by atoms with Crippen LogP contribution in [0.15, 0.2) is 11.6 Å². The van der Waals surface area contributed by atoms with Crippen LogP contribution < -0.4 is 0 Å². The van der Waals surface area contributed by atoms with Crippen molar-refractivity contribution in [2.45, 2.75) is 34.6 Å². The Bertz CT molecular complexity index is 230. The fourth-order valence-electron chi connectivity index (χ4n) is 1.76. The number of allylic oxidation sites excluding steroid dienone is 1. The first kappa shape index (κ1) is 15.2. The fourth-order valence-corrected chi connectivity index (χ4v) is 1.76. The molecule has 0 unspecified atom stereocenters. The number of nitrogens with zero attached hydrogens (tertiary/aromatic N) is 1. The first-order chi connectivity index (χ1) is 7.49. The number of carbonyl (C=O) groups excluding carboxylic acids is 1. The van der Waals surface area contributed by atoms with Gasteiger partial charge in [0.05, 0.1) is 19.6 Å². The summed E-state index contributed by atoms with van der Waals surface area (Å²) >= 11 is 0. The van der Waals surface area contributed by atoms with Crippen LogP contribution in [0.4, 0.5) is 0 Å². The Labute approximate surface area is 99.7 Å². The Morgan fingerprint density at radius 1 is 1.12 bits per heavy atom. The van der Waals surface area contributed by atoms with E-state index in [1.165, 1.54) is 0 Å². The Hall–Kier alpha value is -0.830. The van der Waals surface area contributed by atoms with E-state index in [9.17, 15) is 4.79 Å². The first-order valence-electron chi connectivity index (χ1n) is 6.16. The summed E-state index contributed by atoms with van der Waals surface area (Å²) in [5.74, 6) is -0.221. The lowest BCUT2D eigenvalue weighted by atomic mass is 10.3. The van der Waals surface area contributed by atoms with Crippen LogP contribution in [-0.2, 0) is 9.53 Å². The second-order valence-corrected chi connectivity index (χ2v) is 4.40. The third-order valence-electron chi connectivity index (χ3n) is 3.23. The Morgan fingerprint density at radius 2 is 1.62 bits per heavy atom. The number of carbonyl (C=O) groups is 1. The fraction of sp³-hybridized carbons (Fsp3) is 0.769. The normalized spacial score (nSPS) is 11.1. The number of rotatable bonds is 7. The van der Waals surface area contributed by atoms with E-state index < -0.39 is 0 Å². The predicted molar refractivity (Wildman–Crippen MR) is 67.1 cm³/mol. The van der Waals surface area contributed by atoms with Gasteiger partial charge in [-0.3, -0.25) is 0 Å². The lowest BCUT2D eigenvalue weighted by Gasteiger charge is -2.35. The maximum atomic E-state index is 11.3. The zero-order valence-corrected chi connectivity index (χ0v) is 11.4. The molecule has 0 saturated carbocycles. The highest BCUT2D eigenvalue weighted by atomic mass is 16.5. The van der Waals surface area contributed by atoms with Gasteiger partial charge in [-0.1, -0.05) is 5.57 Å². The van der Waals surface area contributed by atoms with Crippen LogP contribution in [0.5, 0.6) is 0 Å². The summed E-state index contributed by atoms with van der Waals surface area (Å²) in [6.07, 6.45) is 1.54. The van der Waals surface area contributed by atoms with Crippen molar-refractivity contribution in [1.82, 2.24) is 0 Å². The van der Waals surface area contributed by atoms with E-state index in [-0.39, 0.29) is 5.97 Å². The van der Waals surface area contributed by atoms with Crippen LogP contribution in [0, 0.1) is 0 Å². The molecule has 94 valence electrons. The molecule has 0 aliphatic carbocycles. The summed E-state index contributed by atoms with van der Waals surface area (Å²) < 4.78 is 6.20. The maximum Gasteiger partial charge on any atom is 0.330 e. The molecule has 0 aromatic heterocycles. The van der Waals surface area contributed by atoms with E-state index in [4.69, 9.17) is 4.74 Å². The average molecular weight is 228 g/mol. The molecular weight excluding hydrogens is 202 g/mol. The molecule has 3 heteroatoms. The summed E-state index contributed by atoms with van der Waals surface area (Å²) in [5.41, 5.74) is 0.979. The summed E-state index contributed by atoms with van der Waals surface area (Å²) in [6.45, 7) is 15.0. The van der Waals surface area contributed by atoms with Crippen molar-refractivity contribution in [2.75, 3.05) is 32.8 Å². The number of esters is 1. The summed E-state index contributed by atoms with van der Waals surface area (Å²) in [5, 5.41) is 0. The van der Waals surface area contributed by atoms with Crippen LogP contribution in [0.2, 0.25) is 0 Å². The Morgan fingerprint density at radius 3 is 2.00 bits per heavy atom. The predicted octanol–water partition coefficient (Wildman–Crippen LogP) is 2.37. The summed E-state index contributed by atoms with van der Waals surface area (Å²) in [7, 11) is 0. The number of quaternary nitrogens is 1. The highest BCUT2D eigenvalue weighted by Crippen LogP contribution is 2.05. The quantitative estimate of drug-likeness (QED) is 0.380. The molecule has 0 bridgehead atoms. The molecule has 16 heavy (non-hydrogen) atoms. The van der Waals surface area contributed by atoms with E-state index in [2.05, 4.69) is 20.8 Å². The van der Waals surface area contributed by atoms with Crippen molar-refractivity contribution in [2.24, 2.45) is 0 Å². The van der Waals surface area contributed by atoms with Gasteiger partial charge in [-0.25, -0.2) is 4.79 Å². The highest BCUT2D eigenvalue weighted by molar-refractivity contribution is 5.82. The van der Waals surface area contributed by atoms with Gasteiger partial charge < -0.3 is 9.22 Å². The van der Waals surface area contributed by atoms with Crippen LogP contribution in [0.3, 0.4) is 0 Å². The molecule has 0 fully saturated rings. The molecule has 0 aromatic rings. The zero-order valence-electron chi connectivity index (χ0n) is 11.4. The van der Waals surface area contributed by atoms with Gasteiger partial charge >= 0.3 is 5.97 Å². The van der Waals surface area contributed by atoms with Gasteiger partial charge in [0, 0.05) is 6.08 Å². The maximum absolute atomic E-state index is 11.3. The second-order valence-electron chi connectivity index (χ2n) is 4.40. The van der Waals surface area contributed by atoms with Crippen LogP contribution in [0.25, 0.3) is 0 Å². The summed E-state index contributed by atoms with van der Waals surface area (Å²) in [6, 6.07) is 0. The minimum absolute atomic E-state index is 0.221. The van der Waals surface area contributed by atoms with Crippen LogP contribution in [-0.4, -0.2) is 43.2 Å². The van der Waals surface area contributed by atoms with Crippen LogP contribution >= 0.6 is 0 Å². The molecule has 0 aromatic carbocycles. The largest absolute Gasteiger partial charge is 0.457 e. The van der Waals surface area contributed by atoms with Crippen molar-refractivity contribution in [3.05, 3.63) is 11.6 Å². The van der Waals surface area contributed by atoms with Crippen molar-refractivity contribution in [1.29, 1.82) is 0 Å². The first-order valence-corrected chi connectivity index (χ1v) is 6.16. The molecule has 0 saturated heterocycles. The SMILES string of the molecule is CC[N+](CC)(CC)CCOC(=O)C=C(C)C. The summed E-state index contributed by atoms with van der Waals surface area (Å²) in [4.78, 5) is 11.3. The van der Waals surface area contributed by atoms with Gasteiger partial charge in [-0.05, 0) is 34.6 Å². The number of hydrogen-bond donors (Lipinski definition) is 0. The minimum Gasteiger partial charge on any atom is -0.457 e. The van der Waals surface area contributed by atoms with E-state index in [1.54, 1.807) is 6.08 Å². The molecular formula is C13H26NO2+. The van der Waals surface area contributed by atoms with Gasteiger partial charge in [0.2, 0.25) is 0 Å². The molecule has 3 nitrogen and oxygen atoms in total. The molecule has 0 aliphatic rings. The van der Waals surface area contributed by atoms with Crippen LogP contribution in [0.1, 0.15) is 34.6 Å². The van der Waals surface area contributed by atoms with Gasteiger partial charge in [0.1, 0.15) is 13.2 Å². The minimum atomic E-state index is -0.221. The van der Waals surface area contributed by atoms with Gasteiger partial charge in [-0.15, -0.1) is 0 Å². The Kier molecular flexibility index (Phi) is 7.06. The average Bonchev–Trinajstić information content (AvgIpc) is 2.24. The number of likely N-dealkylation sites (N-methyl/N-ethyl adjacent to an activating group) is 1. The lowest BCUT2D eigenvalue weighted by molar-refractivity contribution is -0.923. The standard InChI is InChI=1S/C13H26NO2/c1-6-14(7-2,8-3)9-10-16-13(15)11-12(4)5/h11H,6-10H2,1-5H3/q+1. The molecule has 0 N–H and O–H groups in total. The van der Waals surface area contributed by atoms with Gasteiger partial charge in [0.15, 0.2) is 0 Å². The van der Waals surface area contributed by atoms with Crippen molar-refractivity contribution < 1.29 is 14.0 Å². The molecule has 0 atom stereocenters. The van der Waals surface area contributed by atoms with E-state index in [1.807, 2.05) is 13.8 Å². The van der Waals surface area contributed by atoms with Crippen molar-refractivity contribution >= 4 is 5.97 Å². The molecule has 0 amide bonds. The number of hydrogen-bond acceptors (Lipinski definition) is 2. The topological polar surface area (TPSA) is 26.3 Å². The Balaban J connectivity index is 4.05. The highest BCUT2D eigenvalue weighted by Gasteiger charge is 2.20. The third kappa shape index (κ3) is 5.31. The van der Waals surface area contributed by atoms with E-state index in [0.717, 1.165) is 36.2 Å². The zero-order chi connectivity index (χ0) is 12.6. The van der Waals surface area contributed by atoms with Gasteiger partial charge in [0.25, 0.3) is 0 Å². The van der Waals surface area contributed by atoms with Crippen molar-refractivity contribution in [3.8, 4) is 0 Å².